The lowest BCUT2D eigenvalue weighted by Gasteiger charge is -2.10. The lowest BCUT2D eigenvalue weighted by molar-refractivity contribution is -0.160. The maximum Gasteiger partial charge on any atom is 0.313 e. The van der Waals surface area contributed by atoms with Gasteiger partial charge in [0.15, 0.2) is 0 Å². The van der Waals surface area contributed by atoms with Crippen molar-refractivity contribution in [2.24, 2.45) is 11.8 Å². The van der Waals surface area contributed by atoms with Crippen LogP contribution in [0.25, 0.3) is 0 Å². The normalized spacial score (nSPS) is 21.9. The van der Waals surface area contributed by atoms with Gasteiger partial charge in [-0.2, -0.15) is 0 Å². The fourth-order valence-electron chi connectivity index (χ4n) is 3.11. The van der Waals surface area contributed by atoms with Crippen LogP contribution in [0, 0.1) is 11.8 Å². The molecule has 0 heterocycles. The molecule has 2 aliphatic carbocycles. The number of hydrogen-bond acceptors (Lipinski definition) is 3. The van der Waals surface area contributed by atoms with Crippen molar-refractivity contribution >= 4 is 11.9 Å². The quantitative estimate of drug-likeness (QED) is 0.558. The van der Waals surface area contributed by atoms with Crippen LogP contribution < -0.4 is 0 Å². The van der Waals surface area contributed by atoms with E-state index in [1.807, 2.05) is 0 Å². The first-order valence-electron chi connectivity index (χ1n) is 6.97. The molecule has 0 aromatic carbocycles. The Kier molecular flexibility index (Phi) is 4.57. The molecule has 0 amide bonds. The van der Waals surface area contributed by atoms with Crippen molar-refractivity contribution in [3.63, 3.8) is 0 Å². The lowest BCUT2D eigenvalue weighted by Crippen LogP contribution is -2.17. The lowest BCUT2D eigenvalue weighted by atomic mass is 10.0. The fourth-order valence-corrected chi connectivity index (χ4v) is 3.11. The average Bonchev–Trinajstić information content (AvgIpc) is 2.90. The van der Waals surface area contributed by atoms with Crippen LogP contribution in [0.3, 0.4) is 0 Å². The van der Waals surface area contributed by atoms with Crippen molar-refractivity contribution in [3.8, 4) is 0 Å². The summed E-state index contributed by atoms with van der Waals surface area (Å²) in [5.74, 6) is 0.309. The molecule has 2 fully saturated rings. The van der Waals surface area contributed by atoms with Crippen molar-refractivity contribution in [3.05, 3.63) is 0 Å². The predicted octanol–water partition coefficient (Wildman–Crippen LogP) is 3.22. The van der Waals surface area contributed by atoms with Gasteiger partial charge in [-0.15, -0.1) is 0 Å². The van der Waals surface area contributed by atoms with Gasteiger partial charge in [-0.1, -0.05) is 25.7 Å². The third-order valence-electron chi connectivity index (χ3n) is 4.09. The summed E-state index contributed by atoms with van der Waals surface area (Å²) < 4.78 is 4.90. The van der Waals surface area contributed by atoms with Crippen molar-refractivity contribution in [2.75, 3.05) is 0 Å². The molecular formula is C14H22O3. The smallest absolute Gasteiger partial charge is 0.313 e. The maximum absolute atomic E-state index is 11.5. The molecule has 0 bridgehead atoms. The number of carbonyl (C=O) groups excluding carboxylic acids is 2. The predicted molar refractivity (Wildman–Crippen MR) is 64.2 cm³/mol. The molecule has 3 nitrogen and oxygen atoms in total. The van der Waals surface area contributed by atoms with Crippen LogP contribution in [-0.2, 0) is 14.3 Å². The zero-order valence-corrected chi connectivity index (χ0v) is 10.5. The Morgan fingerprint density at radius 1 is 0.765 bits per heavy atom. The van der Waals surface area contributed by atoms with Gasteiger partial charge < -0.3 is 4.74 Å². The summed E-state index contributed by atoms with van der Waals surface area (Å²) in [6.45, 7) is 0. The van der Waals surface area contributed by atoms with Crippen molar-refractivity contribution in [1.82, 2.24) is 0 Å². The monoisotopic (exact) mass is 238 g/mol. The Balaban J connectivity index is 1.64. The topological polar surface area (TPSA) is 43.4 Å². The highest BCUT2D eigenvalue weighted by molar-refractivity contribution is 5.85. The van der Waals surface area contributed by atoms with Crippen LogP contribution in [-0.4, -0.2) is 11.9 Å². The van der Waals surface area contributed by atoms with Gasteiger partial charge in [0.25, 0.3) is 0 Å². The Bertz CT molecular complexity index is 245. The van der Waals surface area contributed by atoms with E-state index in [0.29, 0.717) is 24.7 Å². The first kappa shape index (κ1) is 12.6. The largest absolute Gasteiger partial charge is 0.393 e. The van der Waals surface area contributed by atoms with Gasteiger partial charge in [-0.05, 0) is 37.5 Å². The number of ether oxygens (including phenoxy) is 1. The molecule has 0 unspecified atom stereocenters. The number of carbonyl (C=O) groups is 2. The van der Waals surface area contributed by atoms with E-state index in [4.69, 9.17) is 4.74 Å². The van der Waals surface area contributed by atoms with Crippen LogP contribution in [0.5, 0.6) is 0 Å². The Morgan fingerprint density at radius 3 is 1.47 bits per heavy atom. The molecule has 2 saturated carbocycles. The van der Waals surface area contributed by atoms with E-state index in [1.54, 1.807) is 0 Å². The minimum atomic E-state index is -0.306. The summed E-state index contributed by atoms with van der Waals surface area (Å²) in [6, 6.07) is 0. The number of esters is 2. The highest BCUT2D eigenvalue weighted by Gasteiger charge is 2.23. The number of rotatable bonds is 4. The molecule has 0 atom stereocenters. The van der Waals surface area contributed by atoms with Crippen molar-refractivity contribution < 1.29 is 14.3 Å². The zero-order chi connectivity index (χ0) is 12.1. The van der Waals surface area contributed by atoms with Crippen LogP contribution >= 0.6 is 0 Å². The molecule has 2 aliphatic rings. The molecule has 0 N–H and O–H groups in total. The molecule has 0 spiro atoms. The summed E-state index contributed by atoms with van der Waals surface area (Å²) in [4.78, 5) is 23.1. The minimum Gasteiger partial charge on any atom is -0.393 e. The van der Waals surface area contributed by atoms with Crippen LogP contribution in [0.15, 0.2) is 0 Å². The van der Waals surface area contributed by atoms with Gasteiger partial charge in [-0.3, -0.25) is 9.59 Å². The van der Waals surface area contributed by atoms with Gasteiger partial charge in [-0.25, -0.2) is 0 Å². The van der Waals surface area contributed by atoms with Gasteiger partial charge >= 0.3 is 11.9 Å². The van der Waals surface area contributed by atoms with Crippen molar-refractivity contribution in [2.45, 2.75) is 64.2 Å². The summed E-state index contributed by atoms with van der Waals surface area (Å²) in [6.07, 6.45) is 10.2. The highest BCUT2D eigenvalue weighted by Crippen LogP contribution is 2.29. The second-order valence-corrected chi connectivity index (χ2v) is 5.56. The van der Waals surface area contributed by atoms with Crippen LogP contribution in [0.4, 0.5) is 0 Å². The SMILES string of the molecule is O=C(CC1CCCC1)OC(=O)CC1CCCC1. The van der Waals surface area contributed by atoms with E-state index in [9.17, 15) is 9.59 Å². The van der Waals surface area contributed by atoms with Crippen LogP contribution in [0.2, 0.25) is 0 Å². The third-order valence-corrected chi connectivity index (χ3v) is 4.09. The summed E-state index contributed by atoms with van der Waals surface area (Å²) >= 11 is 0. The average molecular weight is 238 g/mol. The first-order chi connectivity index (χ1) is 8.24. The molecule has 0 saturated heterocycles. The van der Waals surface area contributed by atoms with Gasteiger partial charge in [0, 0.05) is 12.8 Å². The Morgan fingerprint density at radius 2 is 1.12 bits per heavy atom. The molecule has 0 aliphatic heterocycles. The maximum atomic E-state index is 11.5. The highest BCUT2D eigenvalue weighted by atomic mass is 16.6. The summed E-state index contributed by atoms with van der Waals surface area (Å²) in [5, 5.41) is 0. The molecule has 0 aromatic heterocycles. The first-order valence-corrected chi connectivity index (χ1v) is 6.97. The molecular weight excluding hydrogens is 216 g/mol. The van der Waals surface area contributed by atoms with Crippen LogP contribution in [0.1, 0.15) is 64.2 Å². The Labute approximate surface area is 103 Å². The van der Waals surface area contributed by atoms with Gasteiger partial charge in [0.2, 0.25) is 0 Å². The van der Waals surface area contributed by atoms with E-state index < -0.39 is 0 Å². The molecule has 3 heteroatoms. The molecule has 2 rings (SSSR count). The van der Waals surface area contributed by atoms with E-state index in [2.05, 4.69) is 0 Å². The Hall–Kier alpha value is -0.860. The summed E-state index contributed by atoms with van der Waals surface area (Å²) in [5.41, 5.74) is 0. The fraction of sp³-hybridized carbons (Fsp3) is 0.857. The molecule has 96 valence electrons. The summed E-state index contributed by atoms with van der Waals surface area (Å²) in [7, 11) is 0. The van der Waals surface area contributed by atoms with E-state index in [0.717, 1.165) is 25.7 Å². The van der Waals surface area contributed by atoms with E-state index >= 15 is 0 Å². The zero-order valence-electron chi connectivity index (χ0n) is 10.5. The van der Waals surface area contributed by atoms with Gasteiger partial charge in [0.05, 0.1) is 0 Å². The molecule has 0 radical (unpaired) electrons. The standard InChI is InChI=1S/C14H22O3/c15-13(9-11-5-1-2-6-11)17-14(16)10-12-7-3-4-8-12/h11-12H,1-10H2. The molecule has 17 heavy (non-hydrogen) atoms. The minimum absolute atomic E-state index is 0.306. The number of hydrogen-bond donors (Lipinski definition) is 0. The second-order valence-electron chi connectivity index (χ2n) is 5.56. The second kappa shape index (κ2) is 6.18. The van der Waals surface area contributed by atoms with E-state index in [1.165, 1.54) is 25.7 Å². The van der Waals surface area contributed by atoms with Gasteiger partial charge in [0.1, 0.15) is 0 Å². The van der Waals surface area contributed by atoms with Crippen molar-refractivity contribution in [1.29, 1.82) is 0 Å². The third kappa shape index (κ3) is 4.14. The molecule has 0 aromatic rings. The van der Waals surface area contributed by atoms with E-state index in [-0.39, 0.29) is 11.9 Å².